The van der Waals surface area contributed by atoms with Crippen molar-refractivity contribution in [2.75, 3.05) is 6.54 Å². The average molecular weight is 343 g/mol. The Labute approximate surface area is 138 Å². The molecule has 1 aromatic heterocycles. The summed E-state index contributed by atoms with van der Waals surface area (Å²) in [6.07, 6.45) is 0.752. The van der Waals surface area contributed by atoms with Gasteiger partial charge in [0.25, 0.3) is 0 Å². The first-order chi connectivity index (χ1) is 11.4. The number of carbonyl (C=O) groups excluding carboxylic acids is 1. The molecule has 0 aromatic carbocycles. The van der Waals surface area contributed by atoms with Crippen LogP contribution in [0.3, 0.4) is 0 Å². The van der Waals surface area contributed by atoms with Crippen LogP contribution >= 0.6 is 0 Å². The first-order valence-electron chi connectivity index (χ1n) is 7.73. The molecular formula is C16H20F3N3O2. The van der Waals surface area contributed by atoms with Gasteiger partial charge in [0.2, 0.25) is 5.88 Å². The van der Waals surface area contributed by atoms with E-state index in [1.54, 1.807) is 6.08 Å². The molecule has 0 aliphatic heterocycles. The van der Waals surface area contributed by atoms with Crippen molar-refractivity contribution >= 4 is 6.03 Å². The highest BCUT2D eigenvalue weighted by molar-refractivity contribution is 5.74. The normalized spacial score (nSPS) is 21.0. The van der Waals surface area contributed by atoms with Gasteiger partial charge in [0.05, 0.1) is 5.56 Å². The minimum atomic E-state index is -4.40. The summed E-state index contributed by atoms with van der Waals surface area (Å²) >= 11 is 0. The van der Waals surface area contributed by atoms with E-state index in [9.17, 15) is 18.0 Å². The van der Waals surface area contributed by atoms with Gasteiger partial charge in [-0.25, -0.2) is 9.78 Å². The number of nitrogens with one attached hydrogen (secondary N) is 2. The van der Waals surface area contributed by atoms with E-state index in [1.807, 2.05) is 0 Å². The zero-order valence-electron chi connectivity index (χ0n) is 13.1. The first kappa shape index (κ1) is 18.1. The fraction of sp³-hybridized carbons (Fsp3) is 0.500. The molecule has 1 fully saturated rings. The van der Waals surface area contributed by atoms with Gasteiger partial charge in [-0.15, -0.1) is 6.58 Å². The molecule has 1 aliphatic rings. The van der Waals surface area contributed by atoms with Crippen LogP contribution in [0.25, 0.3) is 0 Å². The lowest BCUT2D eigenvalue weighted by Gasteiger charge is -2.29. The number of pyridine rings is 1. The number of nitrogens with zero attached hydrogens (tertiary/aromatic N) is 1. The van der Waals surface area contributed by atoms with Crippen LogP contribution in [0.1, 0.15) is 31.2 Å². The van der Waals surface area contributed by atoms with Crippen molar-refractivity contribution < 1.29 is 22.7 Å². The number of hydrogen-bond donors (Lipinski definition) is 2. The van der Waals surface area contributed by atoms with E-state index in [0.717, 1.165) is 25.1 Å². The third-order valence-corrected chi connectivity index (χ3v) is 3.77. The molecule has 132 valence electrons. The first-order valence-corrected chi connectivity index (χ1v) is 7.73. The predicted octanol–water partition coefficient (Wildman–Crippen LogP) is 3.28. The lowest BCUT2D eigenvalue weighted by Crippen LogP contribution is -2.44. The van der Waals surface area contributed by atoms with Gasteiger partial charge in [-0.3, -0.25) is 0 Å². The summed E-state index contributed by atoms with van der Waals surface area (Å²) in [5.74, 6) is 0.183. The lowest BCUT2D eigenvalue weighted by atomic mass is 9.93. The van der Waals surface area contributed by atoms with Crippen molar-refractivity contribution in [3.8, 4) is 5.88 Å². The summed E-state index contributed by atoms with van der Waals surface area (Å²) in [5.41, 5.74) is -0.798. The van der Waals surface area contributed by atoms with E-state index in [4.69, 9.17) is 4.74 Å². The highest BCUT2D eigenvalue weighted by atomic mass is 19.4. The van der Waals surface area contributed by atoms with E-state index >= 15 is 0 Å². The van der Waals surface area contributed by atoms with Crippen LogP contribution in [0, 0.1) is 0 Å². The topological polar surface area (TPSA) is 63.2 Å². The molecule has 0 spiro atoms. The number of aromatic nitrogens is 1. The molecule has 24 heavy (non-hydrogen) atoms. The van der Waals surface area contributed by atoms with Gasteiger partial charge in [0.1, 0.15) is 6.10 Å². The Hall–Kier alpha value is -2.25. The van der Waals surface area contributed by atoms with Crippen LogP contribution in [-0.2, 0) is 6.18 Å². The Balaban J connectivity index is 1.76. The maximum Gasteiger partial charge on any atom is 0.417 e. The Kier molecular flexibility index (Phi) is 6.05. The minimum Gasteiger partial charge on any atom is -0.474 e. The van der Waals surface area contributed by atoms with Gasteiger partial charge in [-0.1, -0.05) is 6.08 Å². The molecule has 1 aliphatic carbocycles. The number of hydrogen-bond acceptors (Lipinski definition) is 3. The van der Waals surface area contributed by atoms with Crippen molar-refractivity contribution in [2.24, 2.45) is 0 Å². The third kappa shape index (κ3) is 5.43. The summed E-state index contributed by atoms with van der Waals surface area (Å²) < 4.78 is 43.1. The number of amides is 2. The van der Waals surface area contributed by atoms with E-state index in [0.29, 0.717) is 19.4 Å². The zero-order valence-corrected chi connectivity index (χ0v) is 13.1. The Morgan fingerprint density at radius 2 is 2.04 bits per heavy atom. The Bertz CT molecular complexity index is 553. The molecule has 1 heterocycles. The maximum atomic E-state index is 12.5. The summed E-state index contributed by atoms with van der Waals surface area (Å²) in [5, 5.41) is 5.52. The molecule has 0 bridgehead atoms. The van der Waals surface area contributed by atoms with Gasteiger partial charge in [0.15, 0.2) is 0 Å². The Morgan fingerprint density at radius 1 is 1.33 bits per heavy atom. The summed E-state index contributed by atoms with van der Waals surface area (Å²) in [4.78, 5) is 15.3. The molecule has 2 N–H and O–H groups in total. The van der Waals surface area contributed by atoms with Crippen LogP contribution in [-0.4, -0.2) is 29.7 Å². The Morgan fingerprint density at radius 3 is 2.58 bits per heavy atom. The SMILES string of the molecule is C=CCNC(=O)NC1CCC(Oc2ccc(C(F)(F)F)cn2)CC1. The maximum absolute atomic E-state index is 12.5. The largest absolute Gasteiger partial charge is 0.474 e. The van der Waals surface area contributed by atoms with E-state index in [2.05, 4.69) is 22.2 Å². The molecule has 1 aromatic rings. The molecule has 0 radical (unpaired) electrons. The fourth-order valence-electron chi connectivity index (χ4n) is 2.51. The van der Waals surface area contributed by atoms with Crippen molar-refractivity contribution in [3.05, 3.63) is 36.5 Å². The monoisotopic (exact) mass is 343 g/mol. The number of urea groups is 1. The van der Waals surface area contributed by atoms with Crippen molar-refractivity contribution in [2.45, 2.75) is 44.0 Å². The molecule has 0 atom stereocenters. The molecule has 5 nitrogen and oxygen atoms in total. The van der Waals surface area contributed by atoms with Crippen LogP contribution in [0.4, 0.5) is 18.0 Å². The number of rotatable bonds is 5. The molecule has 0 unspecified atom stereocenters. The van der Waals surface area contributed by atoms with Gasteiger partial charge in [-0.05, 0) is 31.7 Å². The average Bonchev–Trinajstić information content (AvgIpc) is 2.54. The van der Waals surface area contributed by atoms with Gasteiger partial charge < -0.3 is 15.4 Å². The van der Waals surface area contributed by atoms with E-state index in [-0.39, 0.29) is 24.1 Å². The van der Waals surface area contributed by atoms with Crippen molar-refractivity contribution in [3.63, 3.8) is 0 Å². The number of alkyl halides is 3. The second kappa shape index (κ2) is 8.03. The van der Waals surface area contributed by atoms with E-state index in [1.165, 1.54) is 6.07 Å². The highest BCUT2D eigenvalue weighted by Gasteiger charge is 2.31. The molecular weight excluding hydrogens is 323 g/mol. The molecule has 0 saturated heterocycles. The summed E-state index contributed by atoms with van der Waals surface area (Å²) in [6, 6.07) is 2.02. The molecule has 1 saturated carbocycles. The molecule has 2 amide bonds. The van der Waals surface area contributed by atoms with Gasteiger partial charge in [-0.2, -0.15) is 13.2 Å². The van der Waals surface area contributed by atoms with E-state index < -0.39 is 11.7 Å². The van der Waals surface area contributed by atoms with Gasteiger partial charge >= 0.3 is 12.2 Å². The van der Waals surface area contributed by atoms with Crippen LogP contribution in [0.15, 0.2) is 31.0 Å². The second-order valence-corrected chi connectivity index (χ2v) is 5.62. The van der Waals surface area contributed by atoms with Crippen molar-refractivity contribution in [1.29, 1.82) is 0 Å². The zero-order chi connectivity index (χ0) is 17.6. The highest BCUT2D eigenvalue weighted by Crippen LogP contribution is 2.30. The predicted molar refractivity (Wildman–Crippen MR) is 82.6 cm³/mol. The number of carbonyl (C=O) groups is 1. The summed E-state index contributed by atoms with van der Waals surface area (Å²) in [6.45, 7) is 3.93. The minimum absolute atomic E-state index is 0.0650. The smallest absolute Gasteiger partial charge is 0.417 e. The van der Waals surface area contributed by atoms with Crippen LogP contribution in [0.2, 0.25) is 0 Å². The van der Waals surface area contributed by atoms with Gasteiger partial charge in [0, 0.05) is 24.8 Å². The number of halogens is 3. The fourth-order valence-corrected chi connectivity index (χ4v) is 2.51. The standard InChI is InChI=1S/C16H20F3N3O2/c1-2-9-20-15(23)22-12-4-6-13(7-5-12)24-14-8-3-11(10-21-14)16(17,18)19/h2-3,8,10,12-13H,1,4-7,9H2,(H2,20,22,23). The summed E-state index contributed by atoms with van der Waals surface area (Å²) in [7, 11) is 0. The molecule has 8 heteroatoms. The van der Waals surface area contributed by atoms with Crippen LogP contribution < -0.4 is 15.4 Å². The quantitative estimate of drug-likeness (QED) is 0.807. The second-order valence-electron chi connectivity index (χ2n) is 5.62. The molecule has 2 rings (SSSR count). The van der Waals surface area contributed by atoms with Crippen molar-refractivity contribution in [1.82, 2.24) is 15.6 Å². The lowest BCUT2D eigenvalue weighted by molar-refractivity contribution is -0.137. The third-order valence-electron chi connectivity index (χ3n) is 3.77. The van der Waals surface area contributed by atoms with Crippen LogP contribution in [0.5, 0.6) is 5.88 Å². The number of ether oxygens (including phenoxy) is 1.